The van der Waals surface area contributed by atoms with Crippen LogP contribution < -0.4 is 9.64 Å². The lowest BCUT2D eigenvalue weighted by atomic mass is 9.98. The Bertz CT molecular complexity index is 1330. The van der Waals surface area contributed by atoms with Gasteiger partial charge < -0.3 is 14.8 Å². The van der Waals surface area contributed by atoms with Crippen molar-refractivity contribution in [1.29, 1.82) is 0 Å². The first kappa shape index (κ1) is 19.5. The Morgan fingerprint density at radius 1 is 1.03 bits per heavy atom. The zero-order valence-corrected chi connectivity index (χ0v) is 17.0. The van der Waals surface area contributed by atoms with Crippen LogP contribution >= 0.6 is 0 Å². The van der Waals surface area contributed by atoms with Crippen molar-refractivity contribution in [2.75, 3.05) is 12.0 Å². The third-order valence-corrected chi connectivity index (χ3v) is 5.38. The summed E-state index contributed by atoms with van der Waals surface area (Å²) < 4.78 is 5.16. The Hall–Kier alpha value is -4.46. The van der Waals surface area contributed by atoms with E-state index in [1.807, 2.05) is 18.2 Å². The van der Waals surface area contributed by atoms with Gasteiger partial charge in [0.15, 0.2) is 0 Å². The molecule has 1 fully saturated rings. The quantitative estimate of drug-likeness (QED) is 0.293. The number of nitrogens with zero attached hydrogens (tertiary/aromatic N) is 3. The van der Waals surface area contributed by atoms with Crippen molar-refractivity contribution >= 4 is 34.4 Å². The highest BCUT2D eigenvalue weighted by Gasteiger charge is 2.48. The smallest absolute Gasteiger partial charge is 0.302 e. The predicted octanol–water partition coefficient (Wildman–Crippen LogP) is 3.59. The van der Waals surface area contributed by atoms with Gasteiger partial charge in [0.05, 0.1) is 29.4 Å². The van der Waals surface area contributed by atoms with Crippen molar-refractivity contribution in [2.45, 2.75) is 6.04 Å². The fourth-order valence-electron chi connectivity index (χ4n) is 3.83. The van der Waals surface area contributed by atoms with Gasteiger partial charge >= 0.3 is 5.91 Å². The molecule has 3 heterocycles. The average Bonchev–Trinajstić information content (AvgIpc) is 3.38. The average molecular weight is 426 g/mol. The number of H-pyrrole nitrogens is 1. The van der Waals surface area contributed by atoms with E-state index in [-0.39, 0.29) is 17.3 Å². The molecule has 1 aliphatic rings. The van der Waals surface area contributed by atoms with Crippen LogP contribution in [0.25, 0.3) is 16.8 Å². The SMILES string of the molecule is COc1ccc(/C(O)=C2\C(=O)C(=O)N(c3nc4ccccc4[nH]3)C2c2ccccn2)cc1. The molecular formula is C24H18N4O4. The topological polar surface area (TPSA) is 108 Å². The molecule has 1 unspecified atom stereocenters. The highest BCUT2D eigenvalue weighted by molar-refractivity contribution is 6.51. The summed E-state index contributed by atoms with van der Waals surface area (Å²) in [6, 6.07) is 18.1. The number of aliphatic hydroxyl groups is 1. The van der Waals surface area contributed by atoms with Gasteiger partial charge in [0.2, 0.25) is 5.95 Å². The van der Waals surface area contributed by atoms with Crippen LogP contribution in [0.4, 0.5) is 5.95 Å². The third-order valence-electron chi connectivity index (χ3n) is 5.38. The summed E-state index contributed by atoms with van der Waals surface area (Å²) in [6.45, 7) is 0. The van der Waals surface area contributed by atoms with Crippen LogP contribution in [0, 0.1) is 0 Å². The summed E-state index contributed by atoms with van der Waals surface area (Å²) in [4.78, 5) is 39.5. The molecule has 0 spiro atoms. The van der Waals surface area contributed by atoms with E-state index in [1.165, 1.54) is 12.0 Å². The number of pyridine rings is 1. The first-order valence-corrected chi connectivity index (χ1v) is 9.89. The maximum absolute atomic E-state index is 13.1. The van der Waals surface area contributed by atoms with E-state index >= 15 is 0 Å². The number of fused-ring (bicyclic) bond motifs is 1. The fraction of sp³-hybridized carbons (Fsp3) is 0.0833. The maximum atomic E-state index is 13.1. The highest BCUT2D eigenvalue weighted by Crippen LogP contribution is 2.41. The van der Waals surface area contributed by atoms with E-state index in [1.54, 1.807) is 54.7 Å². The molecule has 32 heavy (non-hydrogen) atoms. The normalized spacial score (nSPS) is 17.8. The summed E-state index contributed by atoms with van der Waals surface area (Å²) in [5.41, 5.74) is 2.13. The molecule has 1 aliphatic heterocycles. The zero-order valence-electron chi connectivity index (χ0n) is 17.0. The molecule has 2 aromatic carbocycles. The molecule has 0 saturated carbocycles. The second-order valence-electron chi connectivity index (χ2n) is 7.23. The Morgan fingerprint density at radius 2 is 1.78 bits per heavy atom. The molecular weight excluding hydrogens is 408 g/mol. The minimum atomic E-state index is -0.945. The predicted molar refractivity (Wildman–Crippen MR) is 118 cm³/mol. The number of nitrogens with one attached hydrogen (secondary N) is 1. The van der Waals surface area contributed by atoms with E-state index < -0.39 is 17.7 Å². The molecule has 1 atom stereocenters. The number of anilines is 1. The Balaban J connectivity index is 1.70. The fourth-order valence-corrected chi connectivity index (χ4v) is 3.83. The molecule has 2 aromatic heterocycles. The van der Waals surface area contributed by atoms with E-state index in [9.17, 15) is 14.7 Å². The molecule has 0 bridgehead atoms. The number of ketones is 1. The number of aromatic nitrogens is 3. The van der Waals surface area contributed by atoms with Crippen molar-refractivity contribution in [1.82, 2.24) is 15.0 Å². The molecule has 8 heteroatoms. The number of aliphatic hydroxyl groups excluding tert-OH is 1. The van der Waals surface area contributed by atoms with Crippen LogP contribution in [0.1, 0.15) is 17.3 Å². The van der Waals surface area contributed by atoms with Crippen LogP contribution in [0.15, 0.2) is 78.5 Å². The van der Waals surface area contributed by atoms with Gasteiger partial charge in [0, 0.05) is 11.8 Å². The number of benzene rings is 2. The number of methoxy groups -OCH3 is 1. The molecule has 8 nitrogen and oxygen atoms in total. The standard InChI is InChI=1S/C24H18N4O4/c1-32-15-11-9-14(10-12-15)21(29)19-20(18-8-4-5-13-25-18)28(23(31)22(19)30)24-26-16-6-2-3-7-17(16)27-24/h2-13,20,29H,1H3,(H,26,27)/b21-19+. The number of amides is 1. The number of carbonyl (C=O) groups excluding carboxylic acids is 2. The summed E-state index contributed by atoms with van der Waals surface area (Å²) in [5, 5.41) is 11.1. The van der Waals surface area contributed by atoms with Crippen LogP contribution in [0.5, 0.6) is 5.75 Å². The third kappa shape index (κ3) is 3.09. The Morgan fingerprint density at radius 3 is 2.47 bits per heavy atom. The summed E-state index contributed by atoms with van der Waals surface area (Å²) >= 11 is 0. The van der Waals surface area contributed by atoms with E-state index in [4.69, 9.17) is 4.74 Å². The van der Waals surface area contributed by atoms with E-state index in [0.717, 1.165) is 5.52 Å². The minimum Gasteiger partial charge on any atom is -0.507 e. The van der Waals surface area contributed by atoms with Gasteiger partial charge in [-0.15, -0.1) is 0 Å². The largest absolute Gasteiger partial charge is 0.507 e. The molecule has 1 amide bonds. The number of imidazole rings is 1. The maximum Gasteiger partial charge on any atom is 0.302 e. The van der Waals surface area contributed by atoms with Gasteiger partial charge in [-0.3, -0.25) is 19.5 Å². The van der Waals surface area contributed by atoms with Crippen molar-refractivity contribution in [2.24, 2.45) is 0 Å². The zero-order chi connectivity index (χ0) is 22.2. The van der Waals surface area contributed by atoms with Gasteiger partial charge in [-0.2, -0.15) is 0 Å². The molecule has 0 aliphatic carbocycles. The number of hydrogen-bond donors (Lipinski definition) is 2. The van der Waals surface area contributed by atoms with Crippen molar-refractivity contribution in [3.05, 3.63) is 89.8 Å². The molecule has 5 rings (SSSR count). The lowest BCUT2D eigenvalue weighted by Gasteiger charge is -2.22. The number of ether oxygens (including phenoxy) is 1. The number of aromatic amines is 1. The lowest BCUT2D eigenvalue weighted by Crippen LogP contribution is -2.30. The molecule has 158 valence electrons. The monoisotopic (exact) mass is 426 g/mol. The van der Waals surface area contributed by atoms with Crippen molar-refractivity contribution < 1.29 is 19.4 Å². The molecule has 4 aromatic rings. The molecule has 1 saturated heterocycles. The van der Waals surface area contributed by atoms with Gasteiger partial charge in [-0.05, 0) is 48.5 Å². The van der Waals surface area contributed by atoms with Gasteiger partial charge in [-0.1, -0.05) is 18.2 Å². The molecule has 0 radical (unpaired) electrons. The van der Waals surface area contributed by atoms with Crippen molar-refractivity contribution in [3.8, 4) is 5.75 Å². The van der Waals surface area contributed by atoms with Crippen LogP contribution in [-0.4, -0.2) is 38.9 Å². The Labute approximate surface area is 182 Å². The summed E-state index contributed by atoms with van der Waals surface area (Å²) in [5.74, 6) is -1.09. The van der Waals surface area contributed by atoms with E-state index in [0.29, 0.717) is 22.5 Å². The highest BCUT2D eigenvalue weighted by atomic mass is 16.5. The number of para-hydroxylation sites is 2. The van der Waals surface area contributed by atoms with Gasteiger partial charge in [0.1, 0.15) is 17.6 Å². The number of carbonyl (C=O) groups is 2. The van der Waals surface area contributed by atoms with Crippen LogP contribution in [-0.2, 0) is 9.59 Å². The number of Topliss-reactive ketones (excluding diaryl/α,β-unsaturated/α-hetero) is 1. The minimum absolute atomic E-state index is 0.0562. The van der Waals surface area contributed by atoms with Crippen molar-refractivity contribution in [3.63, 3.8) is 0 Å². The van der Waals surface area contributed by atoms with Gasteiger partial charge in [0.25, 0.3) is 5.78 Å². The van der Waals surface area contributed by atoms with Crippen LogP contribution in [0.3, 0.4) is 0 Å². The molecule has 2 N–H and O–H groups in total. The first-order chi connectivity index (χ1) is 15.6. The lowest BCUT2D eigenvalue weighted by molar-refractivity contribution is -0.132. The summed E-state index contributed by atoms with van der Waals surface area (Å²) in [7, 11) is 1.54. The van der Waals surface area contributed by atoms with Crippen LogP contribution in [0.2, 0.25) is 0 Å². The Kier molecular flexibility index (Phi) is 4.67. The summed E-state index contributed by atoms with van der Waals surface area (Å²) in [6.07, 6.45) is 1.57. The second kappa shape index (κ2) is 7.66. The van der Waals surface area contributed by atoms with Gasteiger partial charge in [-0.25, -0.2) is 4.98 Å². The second-order valence-corrected chi connectivity index (χ2v) is 7.23. The number of rotatable bonds is 4. The number of hydrogen-bond acceptors (Lipinski definition) is 6. The first-order valence-electron chi connectivity index (χ1n) is 9.89. The van der Waals surface area contributed by atoms with E-state index in [2.05, 4.69) is 15.0 Å².